The molecule has 0 spiro atoms. The number of aryl methyl sites for hydroxylation is 1. The van der Waals surface area contributed by atoms with Crippen LogP contribution >= 0.6 is 22.9 Å². The van der Waals surface area contributed by atoms with Gasteiger partial charge in [0.05, 0.1) is 4.34 Å². The van der Waals surface area contributed by atoms with E-state index in [-0.39, 0.29) is 0 Å². The Morgan fingerprint density at radius 2 is 2.38 bits per heavy atom. The van der Waals surface area contributed by atoms with Crippen molar-refractivity contribution in [3.8, 4) is 0 Å². The molecule has 0 aliphatic heterocycles. The Labute approximate surface area is 106 Å². The third-order valence-electron chi connectivity index (χ3n) is 4.28. The van der Waals surface area contributed by atoms with Gasteiger partial charge >= 0.3 is 0 Å². The Morgan fingerprint density at radius 3 is 3.06 bits per heavy atom. The van der Waals surface area contributed by atoms with Crippen LogP contribution in [0, 0.1) is 5.41 Å². The molecule has 0 amide bonds. The van der Waals surface area contributed by atoms with Gasteiger partial charge in [-0.2, -0.15) is 0 Å². The first-order chi connectivity index (χ1) is 7.72. The molecule has 0 radical (unpaired) electrons. The van der Waals surface area contributed by atoms with E-state index in [0.717, 1.165) is 4.34 Å². The molecule has 16 heavy (non-hydrogen) atoms. The molecule has 3 rings (SSSR count). The van der Waals surface area contributed by atoms with Crippen molar-refractivity contribution in [2.75, 3.05) is 6.54 Å². The van der Waals surface area contributed by atoms with Gasteiger partial charge in [-0.25, -0.2) is 0 Å². The molecule has 2 aliphatic rings. The summed E-state index contributed by atoms with van der Waals surface area (Å²) in [6.45, 7) is 3.51. The Hall–Kier alpha value is -0.0500. The van der Waals surface area contributed by atoms with Crippen molar-refractivity contribution in [3.05, 3.63) is 20.8 Å². The van der Waals surface area contributed by atoms with E-state index in [1.165, 1.54) is 49.1 Å². The monoisotopic (exact) mass is 255 g/mol. The number of fused-ring (bicyclic) bond motifs is 1. The fourth-order valence-corrected chi connectivity index (χ4v) is 4.07. The Kier molecular flexibility index (Phi) is 2.77. The van der Waals surface area contributed by atoms with Gasteiger partial charge in [0, 0.05) is 17.5 Å². The van der Waals surface area contributed by atoms with Gasteiger partial charge in [-0.15, -0.1) is 11.3 Å². The molecular weight excluding hydrogens is 238 g/mol. The van der Waals surface area contributed by atoms with Crippen LogP contribution < -0.4 is 5.32 Å². The molecule has 1 N–H and O–H groups in total. The molecule has 1 unspecified atom stereocenters. The van der Waals surface area contributed by atoms with Crippen molar-refractivity contribution >= 4 is 22.9 Å². The lowest BCUT2D eigenvalue weighted by molar-refractivity contribution is 0.403. The molecule has 2 aliphatic carbocycles. The minimum absolute atomic E-state index is 0.572. The first-order valence-corrected chi connectivity index (χ1v) is 7.43. The molecule has 88 valence electrons. The summed E-state index contributed by atoms with van der Waals surface area (Å²) in [6.07, 6.45) is 6.63. The van der Waals surface area contributed by atoms with Crippen LogP contribution in [0.3, 0.4) is 0 Å². The molecular formula is C13H18ClNS. The van der Waals surface area contributed by atoms with Gasteiger partial charge in [-0.05, 0) is 49.1 Å². The van der Waals surface area contributed by atoms with E-state index in [1.807, 2.05) is 0 Å². The molecule has 3 heteroatoms. The first-order valence-electron chi connectivity index (χ1n) is 6.24. The van der Waals surface area contributed by atoms with Gasteiger partial charge in [-0.1, -0.05) is 18.5 Å². The second kappa shape index (κ2) is 4.01. The van der Waals surface area contributed by atoms with Crippen molar-refractivity contribution in [1.82, 2.24) is 5.32 Å². The van der Waals surface area contributed by atoms with Crippen LogP contribution in [0.5, 0.6) is 0 Å². The zero-order valence-electron chi connectivity index (χ0n) is 9.68. The summed E-state index contributed by atoms with van der Waals surface area (Å²) in [5.41, 5.74) is 2.12. The maximum Gasteiger partial charge on any atom is 0.0934 e. The zero-order chi connectivity index (χ0) is 11.2. The van der Waals surface area contributed by atoms with E-state index in [1.54, 1.807) is 11.3 Å². The predicted octanol–water partition coefficient (Wildman–Crippen LogP) is 4.17. The van der Waals surface area contributed by atoms with Crippen molar-refractivity contribution in [1.29, 1.82) is 0 Å². The maximum atomic E-state index is 6.06. The highest BCUT2D eigenvalue weighted by molar-refractivity contribution is 7.16. The summed E-state index contributed by atoms with van der Waals surface area (Å²) in [5.74, 6) is 0. The van der Waals surface area contributed by atoms with Crippen LogP contribution in [0.2, 0.25) is 4.34 Å². The maximum absolute atomic E-state index is 6.06. The van der Waals surface area contributed by atoms with Crippen molar-refractivity contribution in [2.24, 2.45) is 5.41 Å². The minimum atomic E-state index is 0.572. The normalized spacial score (nSPS) is 25.8. The summed E-state index contributed by atoms with van der Waals surface area (Å²) >= 11 is 7.82. The van der Waals surface area contributed by atoms with E-state index in [2.05, 4.69) is 18.3 Å². The SMILES string of the molecule is CCC1(CNC2CCc3sc(Cl)cc32)CC1. The molecule has 1 fully saturated rings. The fraction of sp³-hybridized carbons (Fsp3) is 0.692. The average Bonchev–Trinajstić information content (AvgIpc) is 2.84. The number of halogens is 1. The predicted molar refractivity (Wildman–Crippen MR) is 70.4 cm³/mol. The highest BCUT2D eigenvalue weighted by atomic mass is 35.5. The molecule has 0 saturated heterocycles. The Morgan fingerprint density at radius 1 is 1.56 bits per heavy atom. The molecule has 0 aromatic carbocycles. The Bertz CT molecular complexity index is 395. The number of nitrogens with one attached hydrogen (secondary N) is 1. The van der Waals surface area contributed by atoms with Gasteiger partial charge in [0.25, 0.3) is 0 Å². The smallest absolute Gasteiger partial charge is 0.0934 e. The summed E-state index contributed by atoms with van der Waals surface area (Å²) < 4.78 is 0.952. The third kappa shape index (κ3) is 1.92. The van der Waals surface area contributed by atoms with E-state index < -0.39 is 0 Å². The standard InChI is InChI=1S/C13H18ClNS/c1-2-13(5-6-13)8-15-10-3-4-11-9(10)7-12(14)16-11/h7,10,15H,2-6,8H2,1H3. The van der Waals surface area contributed by atoms with Crippen LogP contribution in [-0.2, 0) is 6.42 Å². The molecule has 1 atom stereocenters. The third-order valence-corrected chi connectivity index (χ3v) is 5.62. The van der Waals surface area contributed by atoms with E-state index in [9.17, 15) is 0 Å². The van der Waals surface area contributed by atoms with Crippen LogP contribution in [0.15, 0.2) is 6.07 Å². The van der Waals surface area contributed by atoms with E-state index in [4.69, 9.17) is 11.6 Å². The van der Waals surface area contributed by atoms with Crippen molar-refractivity contribution in [3.63, 3.8) is 0 Å². The second-order valence-corrected chi connectivity index (χ2v) is 7.02. The summed E-state index contributed by atoms with van der Waals surface area (Å²) in [6, 6.07) is 2.74. The zero-order valence-corrected chi connectivity index (χ0v) is 11.3. The van der Waals surface area contributed by atoms with Gasteiger partial charge in [0.15, 0.2) is 0 Å². The molecule has 1 heterocycles. The fourth-order valence-electron chi connectivity index (χ4n) is 2.71. The van der Waals surface area contributed by atoms with Gasteiger partial charge < -0.3 is 5.32 Å². The van der Waals surface area contributed by atoms with Crippen LogP contribution in [0.4, 0.5) is 0 Å². The number of hydrogen-bond acceptors (Lipinski definition) is 2. The highest BCUT2D eigenvalue weighted by Crippen LogP contribution is 2.49. The lowest BCUT2D eigenvalue weighted by Crippen LogP contribution is -2.26. The molecule has 1 aromatic heterocycles. The summed E-state index contributed by atoms with van der Waals surface area (Å²) in [4.78, 5) is 1.50. The summed E-state index contributed by atoms with van der Waals surface area (Å²) in [7, 11) is 0. The quantitative estimate of drug-likeness (QED) is 0.852. The van der Waals surface area contributed by atoms with Crippen LogP contribution in [0.25, 0.3) is 0 Å². The Balaban J connectivity index is 1.64. The van der Waals surface area contributed by atoms with Gasteiger partial charge in [0.1, 0.15) is 0 Å². The molecule has 1 nitrogen and oxygen atoms in total. The number of thiophene rings is 1. The minimum Gasteiger partial charge on any atom is -0.309 e. The lowest BCUT2D eigenvalue weighted by atomic mass is 10.0. The first kappa shape index (κ1) is 11.1. The lowest BCUT2D eigenvalue weighted by Gasteiger charge is -2.18. The molecule has 1 saturated carbocycles. The largest absolute Gasteiger partial charge is 0.309 e. The van der Waals surface area contributed by atoms with E-state index >= 15 is 0 Å². The van der Waals surface area contributed by atoms with E-state index in [0.29, 0.717) is 11.5 Å². The summed E-state index contributed by atoms with van der Waals surface area (Å²) in [5, 5.41) is 3.75. The van der Waals surface area contributed by atoms with Crippen molar-refractivity contribution < 1.29 is 0 Å². The van der Waals surface area contributed by atoms with Crippen LogP contribution in [0.1, 0.15) is 49.1 Å². The molecule has 0 bridgehead atoms. The molecule has 1 aromatic rings. The number of hydrogen-bond donors (Lipinski definition) is 1. The topological polar surface area (TPSA) is 12.0 Å². The van der Waals surface area contributed by atoms with Gasteiger partial charge in [-0.3, -0.25) is 0 Å². The number of rotatable bonds is 4. The van der Waals surface area contributed by atoms with Gasteiger partial charge in [0.2, 0.25) is 0 Å². The highest BCUT2D eigenvalue weighted by Gasteiger charge is 2.41. The average molecular weight is 256 g/mol. The van der Waals surface area contributed by atoms with Crippen LogP contribution in [-0.4, -0.2) is 6.54 Å². The second-order valence-electron chi connectivity index (χ2n) is 5.25. The van der Waals surface area contributed by atoms with Crippen molar-refractivity contribution in [2.45, 2.75) is 45.1 Å².